The topological polar surface area (TPSA) is 101 Å². The molecule has 0 bridgehead atoms. The third-order valence-corrected chi connectivity index (χ3v) is 5.79. The molecule has 0 unspecified atom stereocenters. The number of carbonyl (C=O) groups is 1. The maximum absolute atomic E-state index is 12.5. The van der Waals surface area contributed by atoms with Crippen molar-refractivity contribution in [2.75, 3.05) is 10.0 Å². The highest BCUT2D eigenvalue weighted by Gasteiger charge is 2.22. The SMILES string of the molecule is CC(C)C(=O)Nc1nnc(S(=O)(=O)Nc2ccccc2C(C)C)s1. The predicted octanol–water partition coefficient (Wildman–Crippen LogP) is 3.06. The van der Waals surface area contributed by atoms with Crippen LogP contribution in [0.15, 0.2) is 28.6 Å². The van der Waals surface area contributed by atoms with E-state index in [1.807, 2.05) is 26.0 Å². The Bertz CT molecular complexity index is 829. The molecule has 0 radical (unpaired) electrons. The van der Waals surface area contributed by atoms with Gasteiger partial charge in [-0.25, -0.2) is 0 Å². The lowest BCUT2D eigenvalue weighted by Crippen LogP contribution is -2.17. The van der Waals surface area contributed by atoms with Crippen molar-refractivity contribution in [3.8, 4) is 0 Å². The van der Waals surface area contributed by atoms with Crippen LogP contribution in [0.5, 0.6) is 0 Å². The Hall–Kier alpha value is -2.00. The number of nitrogens with zero attached hydrogens (tertiary/aromatic N) is 2. The summed E-state index contributed by atoms with van der Waals surface area (Å²) in [5, 5.41) is 10.1. The Morgan fingerprint density at radius 3 is 2.42 bits per heavy atom. The van der Waals surface area contributed by atoms with Crippen LogP contribution in [0.25, 0.3) is 0 Å². The second-order valence-electron chi connectivity index (χ2n) is 5.86. The molecule has 130 valence electrons. The molecule has 1 amide bonds. The molecule has 2 N–H and O–H groups in total. The summed E-state index contributed by atoms with van der Waals surface area (Å²) in [5.74, 6) is -0.308. The normalized spacial score (nSPS) is 11.8. The minimum Gasteiger partial charge on any atom is -0.300 e. The molecular weight excluding hydrogens is 348 g/mol. The minimum atomic E-state index is -3.86. The average molecular weight is 368 g/mol. The number of benzene rings is 1. The number of para-hydroxylation sites is 1. The number of aromatic nitrogens is 2. The Morgan fingerprint density at radius 1 is 1.12 bits per heavy atom. The van der Waals surface area contributed by atoms with Crippen LogP contribution in [-0.2, 0) is 14.8 Å². The van der Waals surface area contributed by atoms with E-state index in [4.69, 9.17) is 0 Å². The summed E-state index contributed by atoms with van der Waals surface area (Å²) in [6.45, 7) is 7.44. The van der Waals surface area contributed by atoms with Crippen LogP contribution in [0.2, 0.25) is 0 Å². The minimum absolute atomic E-state index is 0.159. The Labute approximate surface area is 145 Å². The smallest absolute Gasteiger partial charge is 0.291 e. The third-order valence-electron chi connectivity index (χ3n) is 3.22. The van der Waals surface area contributed by atoms with Crippen LogP contribution < -0.4 is 10.0 Å². The summed E-state index contributed by atoms with van der Waals surface area (Å²) < 4.78 is 27.3. The van der Waals surface area contributed by atoms with Crippen LogP contribution >= 0.6 is 11.3 Å². The van der Waals surface area contributed by atoms with Gasteiger partial charge in [-0.15, -0.1) is 10.2 Å². The van der Waals surface area contributed by atoms with Crippen LogP contribution in [0.1, 0.15) is 39.2 Å². The van der Waals surface area contributed by atoms with Crippen molar-refractivity contribution in [1.29, 1.82) is 0 Å². The van der Waals surface area contributed by atoms with Crippen molar-refractivity contribution in [3.05, 3.63) is 29.8 Å². The number of nitrogens with one attached hydrogen (secondary N) is 2. The summed E-state index contributed by atoms with van der Waals surface area (Å²) in [5.41, 5.74) is 1.40. The zero-order chi connectivity index (χ0) is 17.9. The van der Waals surface area contributed by atoms with E-state index >= 15 is 0 Å². The molecular formula is C15H20N4O3S2. The van der Waals surface area contributed by atoms with E-state index in [-0.39, 0.29) is 27.2 Å². The molecule has 7 nitrogen and oxygen atoms in total. The first-order valence-corrected chi connectivity index (χ1v) is 9.76. The standard InChI is InChI=1S/C15H20N4O3S2/c1-9(2)11-7-5-6-8-12(11)19-24(21,22)15-18-17-14(23-15)16-13(20)10(3)4/h5-10,19H,1-4H3,(H,16,17,20). The van der Waals surface area contributed by atoms with Crippen LogP contribution in [-0.4, -0.2) is 24.5 Å². The second kappa shape index (κ2) is 7.27. The molecule has 1 aromatic heterocycles. The first-order chi connectivity index (χ1) is 11.2. The first kappa shape index (κ1) is 18.3. The monoisotopic (exact) mass is 368 g/mol. The Balaban J connectivity index is 2.23. The van der Waals surface area contributed by atoms with Gasteiger partial charge in [-0.3, -0.25) is 9.52 Å². The number of rotatable bonds is 6. The van der Waals surface area contributed by atoms with Crippen molar-refractivity contribution in [2.45, 2.75) is 38.0 Å². The highest BCUT2D eigenvalue weighted by atomic mass is 32.2. The molecule has 0 aliphatic carbocycles. The molecule has 0 atom stereocenters. The largest absolute Gasteiger partial charge is 0.300 e. The molecule has 2 aromatic rings. The van der Waals surface area contributed by atoms with Gasteiger partial charge in [-0.1, -0.05) is 57.2 Å². The van der Waals surface area contributed by atoms with Crippen molar-refractivity contribution < 1.29 is 13.2 Å². The molecule has 0 saturated carbocycles. The first-order valence-electron chi connectivity index (χ1n) is 7.47. The molecule has 2 rings (SSSR count). The maximum atomic E-state index is 12.5. The lowest BCUT2D eigenvalue weighted by Gasteiger charge is -2.13. The molecule has 0 aliphatic rings. The summed E-state index contributed by atoms with van der Waals surface area (Å²) in [7, 11) is -3.86. The van der Waals surface area contributed by atoms with E-state index in [0.29, 0.717) is 5.69 Å². The van der Waals surface area contributed by atoms with E-state index < -0.39 is 10.0 Å². The molecule has 24 heavy (non-hydrogen) atoms. The zero-order valence-electron chi connectivity index (χ0n) is 13.9. The number of sulfonamides is 1. The molecule has 0 aliphatic heterocycles. The molecule has 0 saturated heterocycles. The van der Waals surface area contributed by atoms with E-state index in [1.165, 1.54) is 0 Å². The second-order valence-corrected chi connectivity index (χ2v) is 8.70. The van der Waals surface area contributed by atoms with Gasteiger partial charge in [0.1, 0.15) is 0 Å². The number of anilines is 2. The lowest BCUT2D eigenvalue weighted by molar-refractivity contribution is -0.118. The maximum Gasteiger partial charge on any atom is 0.291 e. The number of carbonyl (C=O) groups excluding carboxylic acids is 1. The van der Waals surface area contributed by atoms with Gasteiger partial charge in [0.2, 0.25) is 11.0 Å². The number of hydrogen-bond acceptors (Lipinski definition) is 6. The van der Waals surface area contributed by atoms with E-state index in [9.17, 15) is 13.2 Å². The third kappa shape index (κ3) is 4.30. The van der Waals surface area contributed by atoms with Gasteiger partial charge in [0.05, 0.1) is 5.69 Å². The Morgan fingerprint density at radius 2 is 1.79 bits per heavy atom. The highest BCUT2D eigenvalue weighted by Crippen LogP contribution is 2.28. The molecule has 9 heteroatoms. The van der Waals surface area contributed by atoms with E-state index in [1.54, 1.807) is 26.0 Å². The predicted molar refractivity (Wildman–Crippen MR) is 94.7 cm³/mol. The molecule has 1 heterocycles. The number of hydrogen-bond donors (Lipinski definition) is 2. The van der Waals surface area contributed by atoms with Gasteiger partial charge in [0.15, 0.2) is 0 Å². The van der Waals surface area contributed by atoms with Crippen LogP contribution in [0.3, 0.4) is 0 Å². The zero-order valence-corrected chi connectivity index (χ0v) is 15.5. The fourth-order valence-corrected chi connectivity index (χ4v) is 3.89. The quantitative estimate of drug-likeness (QED) is 0.763. The van der Waals surface area contributed by atoms with Gasteiger partial charge in [-0.05, 0) is 17.5 Å². The van der Waals surface area contributed by atoms with Gasteiger partial charge in [-0.2, -0.15) is 8.42 Å². The Kier molecular flexibility index (Phi) is 5.55. The summed E-state index contributed by atoms with van der Waals surface area (Å²) in [6.07, 6.45) is 0. The summed E-state index contributed by atoms with van der Waals surface area (Å²) in [6, 6.07) is 7.20. The summed E-state index contributed by atoms with van der Waals surface area (Å²) >= 11 is 0.814. The fourth-order valence-electron chi connectivity index (χ4n) is 1.90. The van der Waals surface area contributed by atoms with Gasteiger partial charge in [0.25, 0.3) is 14.4 Å². The lowest BCUT2D eigenvalue weighted by atomic mass is 10.0. The van der Waals surface area contributed by atoms with Crippen molar-refractivity contribution in [2.24, 2.45) is 5.92 Å². The van der Waals surface area contributed by atoms with Gasteiger partial charge >= 0.3 is 0 Å². The van der Waals surface area contributed by atoms with E-state index in [0.717, 1.165) is 16.9 Å². The molecule has 0 spiro atoms. The summed E-state index contributed by atoms with van der Waals surface area (Å²) in [4.78, 5) is 11.6. The average Bonchev–Trinajstić information content (AvgIpc) is 2.96. The van der Waals surface area contributed by atoms with Gasteiger partial charge in [0, 0.05) is 5.92 Å². The van der Waals surface area contributed by atoms with Gasteiger partial charge < -0.3 is 5.32 Å². The van der Waals surface area contributed by atoms with E-state index in [2.05, 4.69) is 20.2 Å². The van der Waals surface area contributed by atoms with Crippen LogP contribution in [0, 0.1) is 5.92 Å². The fraction of sp³-hybridized carbons (Fsp3) is 0.400. The van der Waals surface area contributed by atoms with Crippen molar-refractivity contribution in [1.82, 2.24) is 10.2 Å². The number of amides is 1. The molecule has 0 fully saturated rings. The molecule has 1 aromatic carbocycles. The van der Waals surface area contributed by atoms with Crippen LogP contribution in [0.4, 0.5) is 10.8 Å². The highest BCUT2D eigenvalue weighted by molar-refractivity contribution is 7.94. The van der Waals surface area contributed by atoms with Crippen molar-refractivity contribution in [3.63, 3.8) is 0 Å². The van der Waals surface area contributed by atoms with Crippen molar-refractivity contribution >= 4 is 38.1 Å².